The summed E-state index contributed by atoms with van der Waals surface area (Å²) in [7, 11) is 0. The molecule has 4 aromatic rings. The van der Waals surface area contributed by atoms with Crippen LogP contribution in [0.3, 0.4) is 0 Å². The summed E-state index contributed by atoms with van der Waals surface area (Å²) in [6.07, 6.45) is 1.35. The van der Waals surface area contributed by atoms with Gasteiger partial charge in [0.1, 0.15) is 17.5 Å². The maximum absolute atomic E-state index is 12.8. The Kier molecular flexibility index (Phi) is 6.53. The molecule has 0 atom stereocenters. The molecule has 0 fully saturated rings. The van der Waals surface area contributed by atoms with E-state index in [1.165, 1.54) is 10.9 Å². The van der Waals surface area contributed by atoms with Crippen LogP contribution in [0.4, 0.5) is 11.8 Å². The van der Waals surface area contributed by atoms with E-state index in [1.807, 2.05) is 25.1 Å². The fourth-order valence-corrected chi connectivity index (χ4v) is 3.47. The summed E-state index contributed by atoms with van der Waals surface area (Å²) in [5.74, 6) is 0.563. The lowest BCUT2D eigenvalue weighted by molar-refractivity contribution is 0.321. The van der Waals surface area contributed by atoms with Crippen LogP contribution in [0.15, 0.2) is 53.5 Å². The van der Waals surface area contributed by atoms with Crippen molar-refractivity contribution < 1.29 is 9.47 Å². The summed E-state index contributed by atoms with van der Waals surface area (Å²) in [5.41, 5.74) is 13.5. The molecule has 176 valence electrons. The Bertz CT molecular complexity index is 1510. The van der Waals surface area contributed by atoms with E-state index < -0.39 is 5.56 Å². The van der Waals surface area contributed by atoms with Gasteiger partial charge in [-0.1, -0.05) is 29.3 Å². The average molecular weight is 490 g/mol. The van der Waals surface area contributed by atoms with Gasteiger partial charge in [0.15, 0.2) is 22.3 Å². The summed E-state index contributed by atoms with van der Waals surface area (Å²) in [4.78, 5) is 20.8. The minimum atomic E-state index is -0.534. The van der Waals surface area contributed by atoms with Gasteiger partial charge < -0.3 is 20.9 Å². The summed E-state index contributed by atoms with van der Waals surface area (Å²) in [6, 6.07) is 14.1. The van der Waals surface area contributed by atoms with Gasteiger partial charge in [0, 0.05) is 5.56 Å². The highest BCUT2D eigenvalue weighted by Gasteiger charge is 2.18. The summed E-state index contributed by atoms with van der Waals surface area (Å²) in [5, 5.41) is 13.5. The highest BCUT2D eigenvalue weighted by Crippen LogP contribution is 2.37. The molecule has 0 spiro atoms. The third-order valence-electron chi connectivity index (χ3n) is 4.97. The number of halogens is 1. The normalized spacial score (nSPS) is 10.6. The smallest absolute Gasteiger partial charge is 0.294 e. The number of anilines is 2. The molecular formula is C24H20ClN7O3. The molecule has 0 unspecified atom stereocenters. The van der Waals surface area contributed by atoms with Crippen molar-refractivity contribution in [2.24, 2.45) is 0 Å². The van der Waals surface area contributed by atoms with Crippen molar-refractivity contribution in [1.29, 1.82) is 5.26 Å². The maximum atomic E-state index is 12.8. The van der Waals surface area contributed by atoms with Crippen LogP contribution >= 0.6 is 11.6 Å². The molecule has 35 heavy (non-hydrogen) atoms. The zero-order valence-electron chi connectivity index (χ0n) is 18.8. The van der Waals surface area contributed by atoms with E-state index in [0.717, 1.165) is 5.56 Å². The maximum Gasteiger partial charge on any atom is 0.294 e. The monoisotopic (exact) mass is 489 g/mol. The molecule has 0 bridgehead atoms. The van der Waals surface area contributed by atoms with Gasteiger partial charge in [-0.3, -0.25) is 4.79 Å². The number of nitrogens with zero attached hydrogens (tertiary/aromatic N) is 5. The first kappa shape index (κ1) is 23.5. The first-order valence-electron chi connectivity index (χ1n) is 10.5. The fourth-order valence-electron chi connectivity index (χ4n) is 3.30. The van der Waals surface area contributed by atoms with Crippen molar-refractivity contribution >= 4 is 23.4 Å². The van der Waals surface area contributed by atoms with Gasteiger partial charge in [-0.05, 0) is 44.2 Å². The second-order valence-corrected chi connectivity index (χ2v) is 7.75. The highest BCUT2D eigenvalue weighted by atomic mass is 35.5. The van der Waals surface area contributed by atoms with Crippen LogP contribution in [0.2, 0.25) is 5.02 Å². The molecule has 0 aliphatic carbocycles. The van der Waals surface area contributed by atoms with E-state index in [1.54, 1.807) is 37.3 Å². The quantitative estimate of drug-likeness (QED) is 0.410. The van der Waals surface area contributed by atoms with E-state index in [4.69, 9.17) is 32.5 Å². The van der Waals surface area contributed by atoms with Gasteiger partial charge in [-0.2, -0.15) is 20.0 Å². The van der Waals surface area contributed by atoms with Crippen molar-refractivity contribution in [1.82, 2.24) is 19.7 Å². The van der Waals surface area contributed by atoms with Crippen LogP contribution in [0.1, 0.15) is 18.1 Å². The Morgan fingerprint density at radius 1 is 1.09 bits per heavy atom. The van der Waals surface area contributed by atoms with E-state index >= 15 is 0 Å². The topological polar surface area (TPSA) is 155 Å². The third kappa shape index (κ3) is 4.71. The number of nitrogen functional groups attached to an aromatic ring is 2. The molecule has 0 radical (unpaired) electrons. The summed E-state index contributed by atoms with van der Waals surface area (Å²) >= 11 is 6.34. The van der Waals surface area contributed by atoms with Crippen LogP contribution in [0, 0.1) is 18.3 Å². The molecule has 4 rings (SSSR count). The molecule has 0 amide bonds. The number of hydrogen-bond acceptors (Lipinski definition) is 9. The second kappa shape index (κ2) is 9.70. The Balaban J connectivity index is 1.73. The van der Waals surface area contributed by atoms with Gasteiger partial charge in [-0.15, -0.1) is 0 Å². The lowest BCUT2D eigenvalue weighted by atomic mass is 10.1. The van der Waals surface area contributed by atoms with Gasteiger partial charge in [0.05, 0.1) is 24.2 Å². The number of rotatable bonds is 6. The Morgan fingerprint density at radius 3 is 2.51 bits per heavy atom. The van der Waals surface area contributed by atoms with Crippen LogP contribution in [0.25, 0.3) is 16.9 Å². The Morgan fingerprint density at radius 2 is 1.83 bits per heavy atom. The van der Waals surface area contributed by atoms with Crippen LogP contribution < -0.4 is 26.5 Å². The van der Waals surface area contributed by atoms with Crippen molar-refractivity contribution in [2.75, 3.05) is 18.1 Å². The second-order valence-electron chi connectivity index (χ2n) is 7.37. The molecule has 2 heterocycles. The molecule has 10 nitrogen and oxygen atoms in total. The van der Waals surface area contributed by atoms with Gasteiger partial charge >= 0.3 is 0 Å². The highest BCUT2D eigenvalue weighted by molar-refractivity contribution is 6.31. The average Bonchev–Trinajstić information content (AvgIpc) is 2.83. The van der Waals surface area contributed by atoms with Crippen molar-refractivity contribution in [3.05, 3.63) is 75.2 Å². The number of benzene rings is 2. The molecule has 4 N–H and O–H groups in total. The third-order valence-corrected chi connectivity index (χ3v) is 5.32. The van der Waals surface area contributed by atoms with Crippen LogP contribution in [-0.2, 0) is 0 Å². The van der Waals surface area contributed by atoms with Crippen molar-refractivity contribution in [3.8, 4) is 40.3 Å². The summed E-state index contributed by atoms with van der Waals surface area (Å²) < 4.78 is 12.8. The number of hydrogen-bond donors (Lipinski definition) is 2. The van der Waals surface area contributed by atoms with E-state index in [9.17, 15) is 10.1 Å². The first-order valence-corrected chi connectivity index (χ1v) is 10.8. The zero-order chi connectivity index (χ0) is 25.1. The van der Waals surface area contributed by atoms with E-state index in [-0.39, 0.29) is 39.5 Å². The molecular weight excluding hydrogens is 470 g/mol. The number of aromatic nitrogens is 4. The molecule has 2 aromatic carbocycles. The molecule has 0 saturated heterocycles. The molecule has 11 heteroatoms. The predicted octanol–water partition coefficient (Wildman–Crippen LogP) is 3.88. The zero-order valence-corrected chi connectivity index (χ0v) is 19.6. The minimum Gasteiger partial charge on any atom is -0.490 e. The fraction of sp³-hybridized carbons (Fsp3) is 0.125. The summed E-state index contributed by atoms with van der Waals surface area (Å²) in [6.45, 7) is 4.07. The van der Waals surface area contributed by atoms with Crippen molar-refractivity contribution in [3.63, 3.8) is 0 Å². The molecule has 2 aromatic heterocycles. The van der Waals surface area contributed by atoms with Gasteiger partial charge in [0.25, 0.3) is 5.56 Å². The van der Waals surface area contributed by atoms with Crippen molar-refractivity contribution in [2.45, 2.75) is 13.8 Å². The van der Waals surface area contributed by atoms with Crippen LogP contribution in [0.5, 0.6) is 17.2 Å². The molecule has 0 aliphatic heterocycles. The lowest BCUT2D eigenvalue weighted by Crippen LogP contribution is -2.21. The van der Waals surface area contributed by atoms with E-state index in [2.05, 4.69) is 15.1 Å². The predicted molar refractivity (Wildman–Crippen MR) is 132 cm³/mol. The van der Waals surface area contributed by atoms with Gasteiger partial charge in [0.2, 0.25) is 5.95 Å². The number of nitrogens with two attached hydrogens (primary N) is 2. The van der Waals surface area contributed by atoms with Gasteiger partial charge in [-0.25, -0.2) is 4.98 Å². The largest absolute Gasteiger partial charge is 0.490 e. The lowest BCUT2D eigenvalue weighted by Gasteiger charge is -2.15. The Labute approximate surface area is 205 Å². The van der Waals surface area contributed by atoms with E-state index in [0.29, 0.717) is 23.6 Å². The minimum absolute atomic E-state index is 0.0275. The number of ether oxygens (including phenoxy) is 2. The number of aryl methyl sites for hydroxylation is 1. The van der Waals surface area contributed by atoms with Crippen LogP contribution in [-0.4, -0.2) is 26.4 Å². The first-order chi connectivity index (χ1) is 16.8. The standard InChI is InChI=1S/C24H20ClN7O3/c1-3-34-18-10-14(21-16(11-26)22(27)31-24(28)30-21)6-9-17(18)35-19-12-29-32(23(33)20(19)25)15-7-4-13(2)5-8-15/h4-10,12H,3H2,1-2H3,(H4,27,28,30,31). The molecule has 0 aliphatic rings. The number of nitriles is 1. The molecule has 0 saturated carbocycles. The Hall–Kier alpha value is -4.62. The SMILES string of the molecule is CCOc1cc(-c2nc(N)nc(N)c2C#N)ccc1Oc1cnn(-c2ccc(C)cc2)c(=O)c1Cl.